The van der Waals surface area contributed by atoms with Gasteiger partial charge in [-0.25, -0.2) is 4.98 Å². The fourth-order valence-electron chi connectivity index (χ4n) is 1.55. The minimum absolute atomic E-state index is 0.0616. The van der Waals surface area contributed by atoms with Crippen molar-refractivity contribution in [2.45, 2.75) is 6.61 Å². The van der Waals surface area contributed by atoms with Crippen molar-refractivity contribution in [3.63, 3.8) is 0 Å². The molecule has 0 aliphatic carbocycles. The van der Waals surface area contributed by atoms with E-state index >= 15 is 0 Å². The summed E-state index contributed by atoms with van der Waals surface area (Å²) in [6, 6.07) is 7.84. The Kier molecular flexibility index (Phi) is 4.41. The second-order valence-electron chi connectivity index (χ2n) is 3.84. The standard InChI is InChI=1S/C12H9BrClN3O3/c13-9-4-7(14)5-10(17(18)19)12(9)20-6-8-2-1-3-11(15)16-8/h1-5H,6H2,(H2,15,16). The van der Waals surface area contributed by atoms with Gasteiger partial charge in [0.05, 0.1) is 15.1 Å². The number of nitro groups is 1. The summed E-state index contributed by atoms with van der Waals surface area (Å²) in [6.45, 7) is 0.0616. The molecule has 0 aliphatic rings. The molecular formula is C12H9BrClN3O3. The number of aromatic nitrogens is 1. The Bertz CT molecular complexity index is 666. The lowest BCUT2D eigenvalue weighted by atomic mass is 10.3. The molecule has 2 aromatic rings. The van der Waals surface area contributed by atoms with Crippen LogP contribution in [0.5, 0.6) is 5.75 Å². The van der Waals surface area contributed by atoms with Crippen LogP contribution >= 0.6 is 27.5 Å². The molecular weight excluding hydrogens is 350 g/mol. The van der Waals surface area contributed by atoms with Crippen LogP contribution in [0.25, 0.3) is 0 Å². The van der Waals surface area contributed by atoms with E-state index in [-0.39, 0.29) is 23.1 Å². The summed E-state index contributed by atoms with van der Waals surface area (Å²) in [5, 5.41) is 11.3. The lowest BCUT2D eigenvalue weighted by Gasteiger charge is -2.09. The van der Waals surface area contributed by atoms with Crippen LogP contribution in [0.3, 0.4) is 0 Å². The van der Waals surface area contributed by atoms with E-state index in [9.17, 15) is 10.1 Å². The van der Waals surface area contributed by atoms with E-state index in [1.807, 2.05) is 0 Å². The van der Waals surface area contributed by atoms with Gasteiger partial charge in [0, 0.05) is 11.1 Å². The van der Waals surface area contributed by atoms with Crippen molar-refractivity contribution in [2.75, 3.05) is 5.73 Å². The van der Waals surface area contributed by atoms with Crippen LogP contribution in [-0.4, -0.2) is 9.91 Å². The third kappa shape index (κ3) is 3.37. The number of ether oxygens (including phenoxy) is 1. The lowest BCUT2D eigenvalue weighted by Crippen LogP contribution is -2.03. The van der Waals surface area contributed by atoms with Crippen LogP contribution in [0.15, 0.2) is 34.8 Å². The van der Waals surface area contributed by atoms with Crippen molar-refractivity contribution in [3.05, 3.63) is 55.6 Å². The van der Waals surface area contributed by atoms with Gasteiger partial charge >= 0.3 is 5.69 Å². The number of nitro benzene ring substituents is 1. The number of nitrogens with zero attached hydrogens (tertiary/aromatic N) is 2. The number of hydrogen-bond donors (Lipinski definition) is 1. The summed E-state index contributed by atoms with van der Waals surface area (Å²) in [7, 11) is 0. The van der Waals surface area contributed by atoms with E-state index < -0.39 is 4.92 Å². The number of benzene rings is 1. The van der Waals surface area contributed by atoms with Crippen LogP contribution in [0.4, 0.5) is 11.5 Å². The summed E-state index contributed by atoms with van der Waals surface area (Å²) < 4.78 is 5.86. The van der Waals surface area contributed by atoms with Gasteiger partial charge in [-0.3, -0.25) is 10.1 Å². The molecule has 0 fully saturated rings. The molecule has 2 rings (SSSR count). The van der Waals surface area contributed by atoms with E-state index in [1.165, 1.54) is 12.1 Å². The van der Waals surface area contributed by atoms with Crippen LogP contribution in [0, 0.1) is 10.1 Å². The highest BCUT2D eigenvalue weighted by atomic mass is 79.9. The molecule has 104 valence electrons. The molecule has 0 aliphatic heterocycles. The zero-order valence-electron chi connectivity index (χ0n) is 10.0. The fourth-order valence-corrected chi connectivity index (χ4v) is 2.46. The van der Waals surface area contributed by atoms with Gasteiger partial charge in [-0.1, -0.05) is 17.7 Å². The van der Waals surface area contributed by atoms with Crippen LogP contribution in [-0.2, 0) is 6.61 Å². The first-order valence-electron chi connectivity index (χ1n) is 5.45. The fraction of sp³-hybridized carbons (Fsp3) is 0.0833. The molecule has 1 aromatic heterocycles. The van der Waals surface area contributed by atoms with E-state index in [0.717, 1.165) is 0 Å². The molecule has 0 radical (unpaired) electrons. The van der Waals surface area contributed by atoms with Gasteiger partial charge in [0.25, 0.3) is 0 Å². The average Bonchev–Trinajstić information content (AvgIpc) is 2.36. The predicted octanol–water partition coefficient (Wildman–Crippen LogP) is 3.57. The third-order valence-electron chi connectivity index (χ3n) is 2.38. The minimum atomic E-state index is -0.557. The molecule has 0 unspecified atom stereocenters. The molecule has 0 spiro atoms. The smallest absolute Gasteiger partial charge is 0.313 e. The highest BCUT2D eigenvalue weighted by Crippen LogP contribution is 2.38. The van der Waals surface area contributed by atoms with Crippen LogP contribution in [0.2, 0.25) is 5.02 Å². The van der Waals surface area contributed by atoms with E-state index in [2.05, 4.69) is 20.9 Å². The summed E-state index contributed by atoms with van der Waals surface area (Å²) in [5.74, 6) is 0.458. The van der Waals surface area contributed by atoms with Gasteiger partial charge in [-0.15, -0.1) is 0 Å². The monoisotopic (exact) mass is 357 g/mol. The SMILES string of the molecule is Nc1cccc(COc2c(Br)cc(Cl)cc2[N+](=O)[O-])n1. The van der Waals surface area contributed by atoms with Crippen molar-refractivity contribution in [3.8, 4) is 5.75 Å². The Balaban J connectivity index is 2.27. The minimum Gasteiger partial charge on any atom is -0.480 e. The van der Waals surface area contributed by atoms with Gasteiger partial charge in [0.1, 0.15) is 12.4 Å². The Hall–Kier alpha value is -1.86. The van der Waals surface area contributed by atoms with Gasteiger partial charge < -0.3 is 10.5 Å². The molecule has 0 bridgehead atoms. The van der Waals surface area contributed by atoms with E-state index in [4.69, 9.17) is 22.1 Å². The normalized spacial score (nSPS) is 10.3. The summed E-state index contributed by atoms with van der Waals surface area (Å²) in [6.07, 6.45) is 0. The quantitative estimate of drug-likeness (QED) is 0.666. The molecule has 20 heavy (non-hydrogen) atoms. The highest BCUT2D eigenvalue weighted by molar-refractivity contribution is 9.10. The second-order valence-corrected chi connectivity index (χ2v) is 5.13. The van der Waals surface area contributed by atoms with E-state index in [0.29, 0.717) is 16.0 Å². The van der Waals surface area contributed by atoms with Gasteiger partial charge in [0.15, 0.2) is 0 Å². The molecule has 0 saturated carbocycles. The molecule has 0 amide bonds. The predicted molar refractivity (Wildman–Crippen MR) is 78.8 cm³/mol. The summed E-state index contributed by atoms with van der Waals surface area (Å²) in [4.78, 5) is 14.5. The first-order chi connectivity index (χ1) is 9.47. The van der Waals surface area contributed by atoms with Crippen molar-refractivity contribution in [1.82, 2.24) is 4.98 Å². The van der Waals surface area contributed by atoms with Crippen molar-refractivity contribution in [1.29, 1.82) is 0 Å². The number of nitrogen functional groups attached to an aromatic ring is 1. The molecule has 6 nitrogen and oxygen atoms in total. The Morgan fingerprint density at radius 1 is 1.45 bits per heavy atom. The second kappa shape index (κ2) is 6.06. The first-order valence-corrected chi connectivity index (χ1v) is 6.62. The maximum Gasteiger partial charge on any atom is 0.313 e. The lowest BCUT2D eigenvalue weighted by molar-refractivity contribution is -0.386. The number of halogens is 2. The average molecular weight is 359 g/mol. The van der Waals surface area contributed by atoms with Crippen molar-refractivity contribution in [2.24, 2.45) is 0 Å². The Labute approximate surface area is 127 Å². The van der Waals surface area contributed by atoms with Crippen LogP contribution < -0.4 is 10.5 Å². The first kappa shape index (κ1) is 14.5. The summed E-state index contributed by atoms with van der Waals surface area (Å²) >= 11 is 8.98. The van der Waals surface area contributed by atoms with Crippen molar-refractivity contribution >= 4 is 39.0 Å². The van der Waals surface area contributed by atoms with Gasteiger partial charge in [-0.05, 0) is 34.1 Å². The molecule has 1 aromatic carbocycles. The topological polar surface area (TPSA) is 91.3 Å². The number of hydrogen-bond acceptors (Lipinski definition) is 5. The Morgan fingerprint density at radius 3 is 2.85 bits per heavy atom. The number of pyridine rings is 1. The molecule has 0 saturated heterocycles. The molecule has 8 heteroatoms. The van der Waals surface area contributed by atoms with Crippen LogP contribution in [0.1, 0.15) is 5.69 Å². The number of nitrogens with two attached hydrogens (primary N) is 1. The third-order valence-corrected chi connectivity index (χ3v) is 3.19. The van der Waals surface area contributed by atoms with Gasteiger partial charge in [-0.2, -0.15) is 0 Å². The summed E-state index contributed by atoms with van der Waals surface area (Å²) in [5.41, 5.74) is 5.91. The van der Waals surface area contributed by atoms with Gasteiger partial charge in [0.2, 0.25) is 5.75 Å². The largest absolute Gasteiger partial charge is 0.480 e. The maximum absolute atomic E-state index is 11.0. The molecule has 1 heterocycles. The van der Waals surface area contributed by atoms with E-state index in [1.54, 1.807) is 18.2 Å². The number of rotatable bonds is 4. The maximum atomic E-state index is 11.0. The Morgan fingerprint density at radius 2 is 2.20 bits per heavy atom. The number of anilines is 1. The molecule has 0 atom stereocenters. The zero-order chi connectivity index (χ0) is 14.7. The highest BCUT2D eigenvalue weighted by Gasteiger charge is 2.20. The zero-order valence-corrected chi connectivity index (χ0v) is 12.4. The van der Waals surface area contributed by atoms with Crippen molar-refractivity contribution < 1.29 is 9.66 Å². The molecule has 2 N–H and O–H groups in total.